The highest BCUT2D eigenvalue weighted by Gasteiger charge is 2.23. The number of nitrogens with two attached hydrogens (primary N) is 1. The molecule has 98 valence electrons. The van der Waals surface area contributed by atoms with Crippen LogP contribution >= 0.6 is 0 Å². The third kappa shape index (κ3) is 3.25. The van der Waals surface area contributed by atoms with Gasteiger partial charge in [-0.1, -0.05) is 6.07 Å². The molecule has 0 aliphatic rings. The molecular weight excluding hydrogens is 245 g/mol. The molecule has 6 nitrogen and oxygen atoms in total. The summed E-state index contributed by atoms with van der Waals surface area (Å²) in [5.41, 5.74) is 4.25. The lowest BCUT2D eigenvalue weighted by molar-refractivity contribution is -0.121. The predicted molar refractivity (Wildman–Crippen MR) is 58.1 cm³/mol. The summed E-state index contributed by atoms with van der Waals surface area (Å²) in [5.74, 6) is -3.14. The quantitative estimate of drug-likeness (QED) is 0.581. The lowest BCUT2D eigenvalue weighted by Gasteiger charge is -2.17. The zero-order chi connectivity index (χ0) is 13.9. The maximum absolute atomic E-state index is 13.5. The summed E-state index contributed by atoms with van der Waals surface area (Å²) in [4.78, 5) is 21.1. The highest BCUT2D eigenvalue weighted by atomic mass is 19.1. The van der Waals surface area contributed by atoms with Crippen LogP contribution in [0.15, 0.2) is 18.2 Å². The molecule has 1 aromatic carbocycles. The first-order valence-corrected chi connectivity index (χ1v) is 5.00. The fraction of sp³-hybridized carbons (Fsp3) is 0.273. The van der Waals surface area contributed by atoms with Gasteiger partial charge in [0.15, 0.2) is 0 Å². The number of carbonyl (C=O) groups is 2. The van der Waals surface area contributed by atoms with Gasteiger partial charge in [0.2, 0.25) is 5.91 Å². The second-order valence-electron chi connectivity index (χ2n) is 3.72. The Hall–Kier alpha value is -1.99. The molecule has 7 heteroatoms. The average molecular weight is 257 g/mol. The zero-order valence-electron chi connectivity index (χ0n) is 9.21. The minimum atomic E-state index is -1.65. The fourth-order valence-electron chi connectivity index (χ4n) is 1.43. The van der Waals surface area contributed by atoms with Crippen LogP contribution in [0.5, 0.6) is 0 Å². The molecule has 0 bridgehead atoms. The minimum absolute atomic E-state index is 0.284. The number of aliphatic hydroxyl groups is 2. The van der Waals surface area contributed by atoms with Crippen LogP contribution in [0.25, 0.3) is 0 Å². The smallest absolute Gasteiger partial charge is 0.335 e. The number of aliphatic hydroxyl groups excluding tert-OH is 2. The lowest BCUT2D eigenvalue weighted by Crippen LogP contribution is -2.26. The molecule has 0 heterocycles. The molecule has 0 saturated heterocycles. The van der Waals surface area contributed by atoms with Crippen LogP contribution in [0.2, 0.25) is 0 Å². The van der Waals surface area contributed by atoms with E-state index >= 15 is 0 Å². The van der Waals surface area contributed by atoms with Gasteiger partial charge in [0, 0.05) is 5.56 Å². The molecule has 2 atom stereocenters. The van der Waals surface area contributed by atoms with Gasteiger partial charge >= 0.3 is 5.97 Å². The number of hydrogen-bond donors (Lipinski definition) is 4. The van der Waals surface area contributed by atoms with Gasteiger partial charge in [-0.15, -0.1) is 0 Å². The SMILES string of the molecule is NC(=O)CC(O)C(O)c1ccc(C(=O)O)cc1F. The Kier molecular flexibility index (Phi) is 4.35. The minimum Gasteiger partial charge on any atom is -0.478 e. The Bertz CT molecular complexity index is 477. The lowest BCUT2D eigenvalue weighted by atomic mass is 10.00. The van der Waals surface area contributed by atoms with Crippen molar-refractivity contribution in [3.05, 3.63) is 35.1 Å². The van der Waals surface area contributed by atoms with Crippen molar-refractivity contribution in [2.75, 3.05) is 0 Å². The fourth-order valence-corrected chi connectivity index (χ4v) is 1.43. The maximum atomic E-state index is 13.5. The molecule has 1 amide bonds. The molecule has 1 rings (SSSR count). The monoisotopic (exact) mass is 257 g/mol. The molecule has 0 aromatic heterocycles. The number of hydrogen-bond acceptors (Lipinski definition) is 4. The van der Waals surface area contributed by atoms with Crippen LogP contribution in [-0.2, 0) is 4.79 Å². The number of halogens is 1. The normalized spacial score (nSPS) is 13.9. The molecule has 2 unspecified atom stereocenters. The van der Waals surface area contributed by atoms with Crippen LogP contribution in [0.1, 0.15) is 28.4 Å². The third-order valence-electron chi connectivity index (χ3n) is 2.34. The van der Waals surface area contributed by atoms with E-state index in [0.717, 1.165) is 18.2 Å². The number of rotatable bonds is 5. The Morgan fingerprint density at radius 3 is 2.39 bits per heavy atom. The Labute approximate surface area is 101 Å². The topological polar surface area (TPSA) is 121 Å². The molecule has 0 radical (unpaired) electrons. The van der Waals surface area contributed by atoms with Crippen LogP contribution in [0.3, 0.4) is 0 Å². The molecular formula is C11H12FNO5. The molecule has 0 aliphatic heterocycles. The second-order valence-corrected chi connectivity index (χ2v) is 3.72. The molecule has 0 fully saturated rings. The van der Waals surface area contributed by atoms with E-state index in [4.69, 9.17) is 10.8 Å². The van der Waals surface area contributed by atoms with Gasteiger partial charge in [0.25, 0.3) is 0 Å². The highest BCUT2D eigenvalue weighted by Crippen LogP contribution is 2.22. The Balaban J connectivity index is 2.96. The Morgan fingerprint density at radius 1 is 1.33 bits per heavy atom. The van der Waals surface area contributed by atoms with E-state index in [1.165, 1.54) is 0 Å². The molecule has 0 spiro atoms. The van der Waals surface area contributed by atoms with Gasteiger partial charge in [0.1, 0.15) is 11.9 Å². The summed E-state index contributed by atoms with van der Waals surface area (Å²) < 4.78 is 13.5. The summed E-state index contributed by atoms with van der Waals surface area (Å²) in [6.07, 6.45) is -3.73. The molecule has 1 aromatic rings. The zero-order valence-corrected chi connectivity index (χ0v) is 9.21. The third-order valence-corrected chi connectivity index (χ3v) is 2.34. The first-order chi connectivity index (χ1) is 8.32. The first kappa shape index (κ1) is 14.1. The number of carboxylic acid groups (broad SMARTS) is 1. The van der Waals surface area contributed by atoms with Crippen molar-refractivity contribution in [1.82, 2.24) is 0 Å². The van der Waals surface area contributed by atoms with Crippen molar-refractivity contribution in [2.45, 2.75) is 18.6 Å². The van der Waals surface area contributed by atoms with E-state index in [1.54, 1.807) is 0 Å². The molecule has 0 aliphatic carbocycles. The van der Waals surface area contributed by atoms with E-state index in [-0.39, 0.29) is 11.1 Å². The number of amides is 1. The number of benzene rings is 1. The van der Waals surface area contributed by atoms with Crippen molar-refractivity contribution in [2.24, 2.45) is 5.73 Å². The second kappa shape index (κ2) is 5.56. The van der Waals surface area contributed by atoms with Crippen molar-refractivity contribution < 1.29 is 29.3 Å². The number of primary amides is 1. The van der Waals surface area contributed by atoms with Gasteiger partial charge in [-0.05, 0) is 12.1 Å². The van der Waals surface area contributed by atoms with Gasteiger partial charge in [-0.25, -0.2) is 9.18 Å². The summed E-state index contributed by atoms with van der Waals surface area (Å²) >= 11 is 0. The van der Waals surface area contributed by atoms with Crippen molar-refractivity contribution >= 4 is 11.9 Å². The number of carbonyl (C=O) groups excluding carboxylic acids is 1. The highest BCUT2D eigenvalue weighted by molar-refractivity contribution is 5.87. The van der Waals surface area contributed by atoms with Crippen molar-refractivity contribution in [3.8, 4) is 0 Å². The van der Waals surface area contributed by atoms with Gasteiger partial charge < -0.3 is 21.1 Å². The van der Waals surface area contributed by atoms with E-state index < -0.39 is 36.3 Å². The molecule has 5 N–H and O–H groups in total. The molecule has 0 saturated carbocycles. The average Bonchev–Trinajstić information content (AvgIpc) is 2.26. The number of carboxylic acids is 1. The van der Waals surface area contributed by atoms with Crippen LogP contribution in [-0.4, -0.2) is 33.3 Å². The largest absolute Gasteiger partial charge is 0.478 e. The van der Waals surface area contributed by atoms with Crippen LogP contribution < -0.4 is 5.73 Å². The van der Waals surface area contributed by atoms with E-state index in [0.29, 0.717) is 0 Å². The standard InChI is InChI=1S/C11H12FNO5/c12-7-3-5(11(17)18)1-2-6(7)10(16)8(14)4-9(13)15/h1-3,8,10,14,16H,4H2,(H2,13,15)(H,17,18). The summed E-state index contributed by atoms with van der Waals surface area (Å²) in [6.45, 7) is 0. The van der Waals surface area contributed by atoms with Gasteiger partial charge in [0.05, 0.1) is 18.1 Å². The van der Waals surface area contributed by atoms with Crippen molar-refractivity contribution in [3.63, 3.8) is 0 Å². The van der Waals surface area contributed by atoms with Crippen molar-refractivity contribution in [1.29, 1.82) is 0 Å². The first-order valence-electron chi connectivity index (χ1n) is 5.00. The molecule has 18 heavy (non-hydrogen) atoms. The van der Waals surface area contributed by atoms with Crippen LogP contribution in [0.4, 0.5) is 4.39 Å². The summed E-state index contributed by atoms with van der Waals surface area (Å²) in [6, 6.07) is 2.84. The van der Waals surface area contributed by atoms with Crippen LogP contribution in [0, 0.1) is 5.82 Å². The Morgan fingerprint density at radius 2 is 1.94 bits per heavy atom. The van der Waals surface area contributed by atoms with E-state index in [2.05, 4.69) is 0 Å². The summed E-state index contributed by atoms with van der Waals surface area (Å²) in [7, 11) is 0. The number of aromatic carboxylic acids is 1. The van der Waals surface area contributed by atoms with E-state index in [1.807, 2.05) is 0 Å². The van der Waals surface area contributed by atoms with E-state index in [9.17, 15) is 24.2 Å². The predicted octanol–water partition coefficient (Wildman–Crippen LogP) is -0.206. The van der Waals surface area contributed by atoms with Gasteiger partial charge in [-0.3, -0.25) is 4.79 Å². The van der Waals surface area contributed by atoms with Gasteiger partial charge in [-0.2, -0.15) is 0 Å². The summed E-state index contributed by atoms with van der Waals surface area (Å²) in [5, 5.41) is 27.6. The maximum Gasteiger partial charge on any atom is 0.335 e.